The Morgan fingerprint density at radius 1 is 1.35 bits per heavy atom. The van der Waals surface area contributed by atoms with Crippen molar-refractivity contribution in [1.82, 2.24) is 24.9 Å². The third-order valence-corrected chi connectivity index (χ3v) is 5.30. The second-order valence-electron chi connectivity index (χ2n) is 7.28. The molecule has 11 heteroatoms. The zero-order valence-corrected chi connectivity index (χ0v) is 16.8. The van der Waals surface area contributed by atoms with Gasteiger partial charge in [0.05, 0.1) is 29.0 Å². The molecule has 0 radical (unpaired) electrons. The first-order valence-electron chi connectivity index (χ1n) is 9.72. The Kier molecular flexibility index (Phi) is 4.56. The van der Waals surface area contributed by atoms with Gasteiger partial charge in [-0.15, -0.1) is 0 Å². The van der Waals surface area contributed by atoms with Crippen LogP contribution in [0.5, 0.6) is 17.6 Å². The van der Waals surface area contributed by atoms with Crippen molar-refractivity contribution >= 4 is 27.6 Å². The monoisotopic (exact) mass is 425 g/mol. The van der Waals surface area contributed by atoms with E-state index in [-0.39, 0.29) is 24.9 Å². The zero-order chi connectivity index (χ0) is 21.7. The molecule has 10 nitrogen and oxygen atoms in total. The van der Waals surface area contributed by atoms with Crippen molar-refractivity contribution in [1.29, 1.82) is 0 Å². The molecular weight excluding hydrogens is 405 g/mol. The molecule has 4 aromatic rings. The minimum atomic E-state index is -1.01. The highest BCUT2D eigenvalue weighted by atomic mass is 19.1. The normalized spacial score (nSPS) is 16.4. The minimum absolute atomic E-state index is 0.00238. The summed E-state index contributed by atoms with van der Waals surface area (Å²) >= 11 is 0. The van der Waals surface area contributed by atoms with E-state index in [9.17, 15) is 5.11 Å². The number of ether oxygens (including phenoxy) is 2. The third-order valence-electron chi connectivity index (χ3n) is 5.30. The Balaban J connectivity index is 1.73. The van der Waals surface area contributed by atoms with Gasteiger partial charge in [0, 0.05) is 31.0 Å². The number of nitrogens with zero attached hydrogens (tertiary/aromatic N) is 4. The smallest absolute Gasteiger partial charge is 0.327 e. The number of nitrogens with one attached hydrogen (secondary N) is 2. The van der Waals surface area contributed by atoms with Gasteiger partial charge in [-0.3, -0.25) is 0 Å². The van der Waals surface area contributed by atoms with E-state index in [2.05, 4.69) is 30.2 Å². The standard InChI is InChI=1S/C20H20FN7O3/c1-8-24-6-9(7-25-8)30-20-27-18-16-15-10(11(21)4-12(23-2)17(15)26-18)3-14(13(29)5-22)31-19(16)28-20/h4,6-7,13-14,23,29H,3,5,22H2,1-2H3,(H,26,27,28)/t13?,14-/m1/s1. The molecule has 0 spiro atoms. The molecular formula is C20H20FN7O3. The first kappa shape index (κ1) is 19.4. The summed E-state index contributed by atoms with van der Waals surface area (Å²) < 4.78 is 26.8. The number of aliphatic hydroxyl groups is 1. The first-order chi connectivity index (χ1) is 15.0. The molecule has 31 heavy (non-hydrogen) atoms. The highest BCUT2D eigenvalue weighted by molar-refractivity contribution is 6.14. The molecule has 1 unspecified atom stereocenters. The van der Waals surface area contributed by atoms with Crippen LogP contribution in [0.1, 0.15) is 11.4 Å². The lowest BCUT2D eigenvalue weighted by molar-refractivity contribution is 0.0407. The molecule has 5 N–H and O–H groups in total. The van der Waals surface area contributed by atoms with Crippen LogP contribution in [0.2, 0.25) is 0 Å². The highest BCUT2D eigenvalue weighted by Crippen LogP contribution is 2.42. The summed E-state index contributed by atoms with van der Waals surface area (Å²) in [5.74, 6) is 0.703. The number of H-pyrrole nitrogens is 1. The van der Waals surface area contributed by atoms with Gasteiger partial charge in [0.2, 0.25) is 5.88 Å². The number of hydrogen-bond acceptors (Lipinski definition) is 9. The lowest BCUT2D eigenvalue weighted by Crippen LogP contribution is -2.39. The molecule has 160 valence electrons. The van der Waals surface area contributed by atoms with Crippen LogP contribution in [-0.4, -0.2) is 55.8 Å². The average Bonchev–Trinajstić information content (AvgIpc) is 3.05. The minimum Gasteiger partial charge on any atom is -0.471 e. The van der Waals surface area contributed by atoms with Gasteiger partial charge in [-0.05, 0) is 13.0 Å². The number of aromatic amines is 1. The number of aryl methyl sites for hydroxylation is 1. The molecule has 0 aliphatic carbocycles. The topological polar surface area (TPSA) is 144 Å². The van der Waals surface area contributed by atoms with E-state index in [1.807, 2.05) is 0 Å². The molecule has 0 saturated heterocycles. The summed E-state index contributed by atoms with van der Waals surface area (Å²) in [5.41, 5.74) is 7.68. The fraction of sp³-hybridized carbons (Fsp3) is 0.300. The summed E-state index contributed by atoms with van der Waals surface area (Å²) in [6.07, 6.45) is 1.34. The number of nitrogens with two attached hydrogens (primary N) is 1. The fourth-order valence-corrected chi connectivity index (χ4v) is 3.77. The third kappa shape index (κ3) is 3.18. The molecule has 0 amide bonds. The van der Waals surface area contributed by atoms with Gasteiger partial charge in [-0.1, -0.05) is 0 Å². The van der Waals surface area contributed by atoms with E-state index in [1.54, 1.807) is 14.0 Å². The highest BCUT2D eigenvalue weighted by Gasteiger charge is 2.32. The lowest BCUT2D eigenvalue weighted by Gasteiger charge is -2.22. The van der Waals surface area contributed by atoms with Crippen LogP contribution in [0.15, 0.2) is 18.5 Å². The molecule has 0 bridgehead atoms. The number of aliphatic hydroxyl groups excluding tert-OH is 1. The average molecular weight is 425 g/mol. The van der Waals surface area contributed by atoms with Crippen molar-refractivity contribution in [2.24, 2.45) is 5.73 Å². The summed E-state index contributed by atoms with van der Waals surface area (Å²) in [5, 5.41) is 14.5. The SMILES string of the molecule is CNc1cc(F)c2c3c1[nH]c1nc(Oc4cnc(C)nc4)nc(c13)O[C@@H](C(O)CN)C2. The number of halogens is 1. The van der Waals surface area contributed by atoms with Gasteiger partial charge >= 0.3 is 6.01 Å². The number of aromatic nitrogens is 5. The van der Waals surface area contributed by atoms with Crippen LogP contribution in [-0.2, 0) is 6.42 Å². The second-order valence-corrected chi connectivity index (χ2v) is 7.28. The van der Waals surface area contributed by atoms with E-state index in [0.717, 1.165) is 0 Å². The Labute approximate surface area is 175 Å². The molecule has 3 aromatic heterocycles. The Bertz CT molecular complexity index is 1290. The maximum atomic E-state index is 15.0. The summed E-state index contributed by atoms with van der Waals surface area (Å²) in [7, 11) is 1.70. The lowest BCUT2D eigenvalue weighted by atomic mass is 9.99. The predicted octanol–water partition coefficient (Wildman–Crippen LogP) is 1.81. The van der Waals surface area contributed by atoms with Crippen molar-refractivity contribution < 1.29 is 19.0 Å². The van der Waals surface area contributed by atoms with Crippen molar-refractivity contribution in [2.75, 3.05) is 18.9 Å². The Morgan fingerprint density at radius 3 is 2.84 bits per heavy atom. The van der Waals surface area contributed by atoms with Crippen LogP contribution < -0.4 is 20.5 Å². The van der Waals surface area contributed by atoms with Crippen molar-refractivity contribution in [3.63, 3.8) is 0 Å². The predicted molar refractivity (Wildman–Crippen MR) is 111 cm³/mol. The number of benzene rings is 1. The van der Waals surface area contributed by atoms with E-state index in [4.69, 9.17) is 15.2 Å². The first-order valence-corrected chi connectivity index (χ1v) is 9.72. The van der Waals surface area contributed by atoms with Gasteiger partial charge in [-0.2, -0.15) is 9.97 Å². The van der Waals surface area contributed by atoms with Crippen molar-refractivity contribution in [3.05, 3.63) is 35.7 Å². The molecule has 1 aliphatic heterocycles. The van der Waals surface area contributed by atoms with E-state index in [0.29, 0.717) is 44.8 Å². The van der Waals surface area contributed by atoms with Crippen molar-refractivity contribution in [3.8, 4) is 17.6 Å². The van der Waals surface area contributed by atoms with Gasteiger partial charge in [-0.25, -0.2) is 14.4 Å². The molecule has 0 saturated carbocycles. The summed E-state index contributed by atoms with van der Waals surface area (Å²) in [4.78, 5) is 20.2. The number of anilines is 1. The van der Waals surface area contributed by atoms with Gasteiger partial charge in [0.15, 0.2) is 5.75 Å². The zero-order valence-electron chi connectivity index (χ0n) is 16.8. The van der Waals surface area contributed by atoms with Gasteiger partial charge in [0.1, 0.15) is 29.5 Å². The van der Waals surface area contributed by atoms with Gasteiger partial charge < -0.3 is 30.6 Å². The van der Waals surface area contributed by atoms with Crippen LogP contribution in [0.4, 0.5) is 10.1 Å². The fourth-order valence-electron chi connectivity index (χ4n) is 3.77. The van der Waals surface area contributed by atoms with Gasteiger partial charge in [0.25, 0.3) is 0 Å². The maximum Gasteiger partial charge on any atom is 0.327 e. The van der Waals surface area contributed by atoms with E-state index < -0.39 is 18.0 Å². The maximum absolute atomic E-state index is 15.0. The number of hydrogen-bond donors (Lipinski definition) is 4. The molecule has 5 rings (SSSR count). The number of rotatable bonds is 5. The molecule has 2 atom stereocenters. The van der Waals surface area contributed by atoms with E-state index in [1.165, 1.54) is 18.5 Å². The van der Waals surface area contributed by atoms with E-state index >= 15 is 4.39 Å². The quantitative estimate of drug-likeness (QED) is 0.376. The Hall–Kier alpha value is -3.57. The van der Waals surface area contributed by atoms with Crippen molar-refractivity contribution in [2.45, 2.75) is 25.6 Å². The van der Waals surface area contributed by atoms with Crippen LogP contribution >= 0.6 is 0 Å². The summed E-state index contributed by atoms with van der Waals surface area (Å²) in [6, 6.07) is 1.40. The largest absolute Gasteiger partial charge is 0.471 e. The molecule has 1 aliphatic rings. The second kappa shape index (κ2) is 7.29. The summed E-state index contributed by atoms with van der Waals surface area (Å²) in [6.45, 7) is 1.72. The van der Waals surface area contributed by atoms with Crippen LogP contribution in [0.25, 0.3) is 21.9 Å². The molecule has 0 fully saturated rings. The van der Waals surface area contributed by atoms with Crippen LogP contribution in [0, 0.1) is 12.7 Å². The molecule has 1 aromatic carbocycles. The van der Waals surface area contributed by atoms with Crippen LogP contribution in [0.3, 0.4) is 0 Å². The Morgan fingerprint density at radius 2 is 2.13 bits per heavy atom. The molecule has 4 heterocycles.